The van der Waals surface area contributed by atoms with Gasteiger partial charge in [-0.25, -0.2) is 13.6 Å². The van der Waals surface area contributed by atoms with Crippen LogP contribution in [0.5, 0.6) is 5.75 Å². The number of phenols is 1. The molecule has 8 heteroatoms. The molecule has 2 aromatic rings. The Morgan fingerprint density at radius 3 is 2.30 bits per heavy atom. The molecule has 0 spiro atoms. The maximum Gasteiger partial charge on any atom is 0.238 e. The zero-order valence-electron chi connectivity index (χ0n) is 16.0. The summed E-state index contributed by atoms with van der Waals surface area (Å²) in [6, 6.07) is 9.91. The highest BCUT2D eigenvalue weighted by Gasteiger charge is 2.12. The number of anilines is 2. The van der Waals surface area contributed by atoms with Gasteiger partial charge in [-0.1, -0.05) is 0 Å². The Hall–Kier alpha value is -2.58. The van der Waals surface area contributed by atoms with Crippen LogP contribution in [0.15, 0.2) is 46.3 Å². The van der Waals surface area contributed by atoms with Crippen LogP contribution in [0.25, 0.3) is 0 Å². The molecule has 0 amide bonds. The van der Waals surface area contributed by atoms with E-state index >= 15 is 0 Å². The van der Waals surface area contributed by atoms with Gasteiger partial charge in [-0.3, -0.25) is 4.99 Å². The number of hydrogen-bond acceptors (Lipinski definition) is 6. The van der Waals surface area contributed by atoms with Gasteiger partial charge in [0.15, 0.2) is 0 Å². The number of phenolic OH excluding ortho intramolecular Hbond substituents is 1. The number of aliphatic imine (C=N–C) groups is 1. The minimum Gasteiger partial charge on any atom is -0.507 e. The number of aromatic hydroxyl groups is 1. The Kier molecular flexibility index (Phi) is 6.45. The molecule has 0 aliphatic carbocycles. The topological polar surface area (TPSA) is 99.2 Å². The standard InChI is InChI=1S/C19H26N4O3S/c1-5-23(6-2)15-8-7-14(19(24)11-15)13-21-17-12-16(27(20,25)26)9-10-18(17)22(3)4/h7-13,24H,5-6H2,1-4H3,(H2,20,25,26). The molecule has 0 radical (unpaired) electrons. The molecule has 0 aliphatic rings. The van der Waals surface area contributed by atoms with Crippen molar-refractivity contribution in [2.75, 3.05) is 37.0 Å². The van der Waals surface area contributed by atoms with Crippen molar-refractivity contribution < 1.29 is 13.5 Å². The highest BCUT2D eigenvalue weighted by atomic mass is 32.2. The predicted molar refractivity (Wildman–Crippen MR) is 111 cm³/mol. The van der Waals surface area contributed by atoms with Crippen LogP contribution in [-0.4, -0.2) is 46.9 Å². The second-order valence-electron chi connectivity index (χ2n) is 6.26. The van der Waals surface area contributed by atoms with Gasteiger partial charge in [-0.15, -0.1) is 0 Å². The number of nitrogens with zero attached hydrogens (tertiary/aromatic N) is 3. The quantitative estimate of drug-likeness (QED) is 0.708. The van der Waals surface area contributed by atoms with Crippen molar-refractivity contribution in [2.45, 2.75) is 18.7 Å². The number of benzene rings is 2. The molecular formula is C19H26N4O3S. The van der Waals surface area contributed by atoms with E-state index < -0.39 is 10.0 Å². The second-order valence-corrected chi connectivity index (χ2v) is 7.82. The Bertz CT molecular complexity index is 936. The molecule has 0 fully saturated rings. The van der Waals surface area contributed by atoms with Crippen LogP contribution in [0, 0.1) is 0 Å². The molecule has 0 bridgehead atoms. The Morgan fingerprint density at radius 1 is 1.11 bits per heavy atom. The molecule has 0 aliphatic heterocycles. The monoisotopic (exact) mass is 390 g/mol. The maximum absolute atomic E-state index is 11.6. The van der Waals surface area contributed by atoms with E-state index in [1.807, 2.05) is 25.1 Å². The first-order valence-corrected chi connectivity index (χ1v) is 10.2. The molecule has 7 nitrogen and oxygen atoms in total. The lowest BCUT2D eigenvalue weighted by atomic mass is 10.1. The van der Waals surface area contributed by atoms with Gasteiger partial charge in [0.1, 0.15) is 5.75 Å². The molecule has 27 heavy (non-hydrogen) atoms. The molecule has 0 saturated carbocycles. The molecule has 0 heterocycles. The van der Waals surface area contributed by atoms with Crippen LogP contribution in [0.3, 0.4) is 0 Å². The van der Waals surface area contributed by atoms with Crippen LogP contribution in [0.2, 0.25) is 0 Å². The number of nitrogens with two attached hydrogens (primary N) is 1. The van der Waals surface area contributed by atoms with E-state index in [9.17, 15) is 13.5 Å². The van der Waals surface area contributed by atoms with Crippen molar-refractivity contribution in [3.63, 3.8) is 0 Å². The smallest absolute Gasteiger partial charge is 0.238 e. The van der Waals surface area contributed by atoms with Crippen LogP contribution < -0.4 is 14.9 Å². The Balaban J connectivity index is 2.42. The van der Waals surface area contributed by atoms with E-state index in [4.69, 9.17) is 5.14 Å². The van der Waals surface area contributed by atoms with Crippen molar-refractivity contribution in [2.24, 2.45) is 10.1 Å². The third kappa shape index (κ3) is 4.99. The van der Waals surface area contributed by atoms with Gasteiger partial charge >= 0.3 is 0 Å². The summed E-state index contributed by atoms with van der Waals surface area (Å²) >= 11 is 0. The zero-order chi connectivity index (χ0) is 20.2. The second kappa shape index (κ2) is 8.41. The van der Waals surface area contributed by atoms with Crippen molar-refractivity contribution in [1.82, 2.24) is 0 Å². The molecule has 3 N–H and O–H groups in total. The van der Waals surface area contributed by atoms with Crippen LogP contribution in [-0.2, 0) is 10.0 Å². The molecule has 0 aromatic heterocycles. The van der Waals surface area contributed by atoms with E-state index in [0.29, 0.717) is 11.3 Å². The summed E-state index contributed by atoms with van der Waals surface area (Å²) < 4.78 is 23.2. The third-order valence-electron chi connectivity index (χ3n) is 4.24. The van der Waals surface area contributed by atoms with Gasteiger partial charge in [0.2, 0.25) is 10.0 Å². The average molecular weight is 391 g/mol. The molecule has 0 atom stereocenters. The van der Waals surface area contributed by atoms with E-state index in [2.05, 4.69) is 23.7 Å². The highest BCUT2D eigenvalue weighted by Crippen LogP contribution is 2.31. The number of hydrogen-bond donors (Lipinski definition) is 2. The Morgan fingerprint density at radius 2 is 1.78 bits per heavy atom. The minimum absolute atomic E-state index is 0.0126. The first-order valence-electron chi connectivity index (χ1n) is 8.63. The van der Waals surface area contributed by atoms with E-state index in [1.54, 1.807) is 18.2 Å². The number of primary sulfonamides is 1. The van der Waals surface area contributed by atoms with E-state index in [0.717, 1.165) is 24.5 Å². The SMILES string of the molecule is CCN(CC)c1ccc(C=Nc2cc(S(N)(=O)=O)ccc2N(C)C)c(O)c1. The third-order valence-corrected chi connectivity index (χ3v) is 5.15. The lowest BCUT2D eigenvalue weighted by molar-refractivity contribution is 0.474. The summed E-state index contributed by atoms with van der Waals surface area (Å²) in [5.41, 5.74) is 2.65. The summed E-state index contributed by atoms with van der Waals surface area (Å²) in [7, 11) is -0.158. The summed E-state index contributed by atoms with van der Waals surface area (Å²) in [5.74, 6) is 0.108. The van der Waals surface area contributed by atoms with Crippen molar-refractivity contribution in [1.29, 1.82) is 0 Å². The fourth-order valence-electron chi connectivity index (χ4n) is 2.73. The summed E-state index contributed by atoms with van der Waals surface area (Å²) in [5, 5.41) is 15.5. The average Bonchev–Trinajstić information content (AvgIpc) is 2.61. The largest absolute Gasteiger partial charge is 0.507 e. The summed E-state index contributed by atoms with van der Waals surface area (Å²) in [6.07, 6.45) is 1.51. The number of sulfonamides is 1. The van der Waals surface area contributed by atoms with E-state index in [-0.39, 0.29) is 10.6 Å². The first kappa shape index (κ1) is 20.7. The summed E-state index contributed by atoms with van der Waals surface area (Å²) in [6.45, 7) is 5.79. The molecule has 2 rings (SSSR count). The first-order chi connectivity index (χ1) is 12.7. The van der Waals surface area contributed by atoms with Gasteiger partial charge in [-0.2, -0.15) is 0 Å². The van der Waals surface area contributed by atoms with E-state index in [1.165, 1.54) is 18.3 Å². The highest BCUT2D eigenvalue weighted by molar-refractivity contribution is 7.89. The maximum atomic E-state index is 11.6. The minimum atomic E-state index is -3.83. The lowest BCUT2D eigenvalue weighted by Gasteiger charge is -2.21. The molecule has 0 unspecified atom stereocenters. The van der Waals surface area contributed by atoms with Crippen LogP contribution >= 0.6 is 0 Å². The molecule has 2 aromatic carbocycles. The van der Waals surface area contributed by atoms with Crippen LogP contribution in [0.4, 0.5) is 17.1 Å². The van der Waals surface area contributed by atoms with Gasteiger partial charge in [-0.05, 0) is 44.2 Å². The Labute approximate surface area is 160 Å². The number of rotatable bonds is 7. The normalized spacial score (nSPS) is 11.7. The van der Waals surface area contributed by atoms with Gasteiger partial charge < -0.3 is 14.9 Å². The molecular weight excluding hydrogens is 364 g/mol. The molecule has 146 valence electrons. The van der Waals surface area contributed by atoms with Gasteiger partial charge in [0.25, 0.3) is 0 Å². The zero-order valence-corrected chi connectivity index (χ0v) is 16.9. The van der Waals surface area contributed by atoms with Crippen LogP contribution in [0.1, 0.15) is 19.4 Å². The molecule has 0 saturated heterocycles. The van der Waals surface area contributed by atoms with Gasteiger partial charge in [0.05, 0.1) is 16.3 Å². The van der Waals surface area contributed by atoms with Gasteiger partial charge in [0, 0.05) is 50.7 Å². The predicted octanol–water partition coefficient (Wildman–Crippen LogP) is 2.70. The fourth-order valence-corrected chi connectivity index (χ4v) is 3.26. The summed E-state index contributed by atoms with van der Waals surface area (Å²) in [4.78, 5) is 8.32. The lowest BCUT2D eigenvalue weighted by Crippen LogP contribution is -2.21. The van der Waals surface area contributed by atoms with Crippen molar-refractivity contribution in [3.8, 4) is 5.75 Å². The fraction of sp³-hybridized carbons (Fsp3) is 0.316. The van der Waals surface area contributed by atoms with Crippen molar-refractivity contribution in [3.05, 3.63) is 42.0 Å². The van der Waals surface area contributed by atoms with Crippen molar-refractivity contribution >= 4 is 33.3 Å².